The Hall–Kier alpha value is -1.55. The molecule has 2 rings (SSSR count). The molecule has 0 spiro atoms. The van der Waals surface area contributed by atoms with Gasteiger partial charge in [0.25, 0.3) is 0 Å². The highest BCUT2D eigenvalue weighted by Gasteiger charge is 2.02. The Morgan fingerprint density at radius 1 is 1.29 bits per heavy atom. The number of H-pyrrole nitrogens is 1. The Labute approximate surface area is 105 Å². The highest BCUT2D eigenvalue weighted by molar-refractivity contribution is 7.09. The molecule has 2 heterocycles. The average molecular weight is 248 g/mol. The molecule has 0 radical (unpaired) electrons. The molecule has 0 aliphatic carbocycles. The summed E-state index contributed by atoms with van der Waals surface area (Å²) < 4.78 is 0. The van der Waals surface area contributed by atoms with Crippen molar-refractivity contribution in [3.05, 3.63) is 46.4 Å². The van der Waals surface area contributed by atoms with Gasteiger partial charge in [-0.2, -0.15) is 0 Å². The maximum Gasteiger partial charge on any atom is 0.220 e. The number of hydrogen-bond acceptors (Lipinski definition) is 2. The lowest BCUT2D eigenvalue weighted by Crippen LogP contribution is -2.25. The van der Waals surface area contributed by atoms with Crippen molar-refractivity contribution in [2.24, 2.45) is 0 Å². The average Bonchev–Trinajstić information content (AvgIpc) is 2.99. The number of carbonyl (C=O) groups excluding carboxylic acids is 1. The monoisotopic (exact) mass is 248 g/mol. The van der Waals surface area contributed by atoms with Gasteiger partial charge in [0.05, 0.1) is 0 Å². The summed E-state index contributed by atoms with van der Waals surface area (Å²) in [4.78, 5) is 16.0. The Morgan fingerprint density at radius 2 is 2.24 bits per heavy atom. The molecule has 90 valence electrons. The summed E-state index contributed by atoms with van der Waals surface area (Å²) in [6.45, 7) is 0.726. The van der Waals surface area contributed by atoms with Crippen LogP contribution in [0.25, 0.3) is 0 Å². The third-order valence-electron chi connectivity index (χ3n) is 2.56. The van der Waals surface area contributed by atoms with Crippen LogP contribution in [-0.4, -0.2) is 17.4 Å². The number of amides is 1. The molecule has 0 aliphatic rings. The van der Waals surface area contributed by atoms with E-state index >= 15 is 0 Å². The van der Waals surface area contributed by atoms with Gasteiger partial charge in [-0.25, -0.2) is 0 Å². The molecule has 0 saturated heterocycles. The summed E-state index contributed by atoms with van der Waals surface area (Å²) in [7, 11) is 0. The van der Waals surface area contributed by atoms with Gasteiger partial charge in [-0.15, -0.1) is 11.3 Å². The number of aromatic nitrogens is 1. The number of nitrogens with one attached hydrogen (secondary N) is 2. The molecule has 2 aromatic rings. The Morgan fingerprint density at radius 3 is 2.94 bits per heavy atom. The number of aromatic amines is 1. The molecular formula is C13H16N2OS. The van der Waals surface area contributed by atoms with Crippen molar-refractivity contribution in [1.29, 1.82) is 0 Å². The number of rotatable bonds is 6. The minimum Gasteiger partial charge on any atom is -0.365 e. The van der Waals surface area contributed by atoms with E-state index in [0.29, 0.717) is 6.42 Å². The predicted molar refractivity (Wildman–Crippen MR) is 70.1 cm³/mol. The van der Waals surface area contributed by atoms with Gasteiger partial charge in [0, 0.05) is 29.7 Å². The number of carbonyl (C=O) groups is 1. The fraction of sp³-hybridized carbons (Fsp3) is 0.308. The van der Waals surface area contributed by atoms with Crippen molar-refractivity contribution in [1.82, 2.24) is 10.3 Å². The molecule has 17 heavy (non-hydrogen) atoms. The van der Waals surface area contributed by atoms with E-state index in [2.05, 4.69) is 21.7 Å². The molecule has 0 bridgehead atoms. The Bertz CT molecular complexity index is 434. The normalized spacial score (nSPS) is 10.4. The lowest BCUT2D eigenvalue weighted by Gasteiger charge is -2.03. The van der Waals surface area contributed by atoms with Crippen molar-refractivity contribution in [3.8, 4) is 0 Å². The highest BCUT2D eigenvalue weighted by atomic mass is 32.1. The van der Waals surface area contributed by atoms with E-state index < -0.39 is 0 Å². The second-order valence-corrected chi connectivity index (χ2v) is 4.91. The number of hydrogen-bond donors (Lipinski definition) is 2. The van der Waals surface area contributed by atoms with Crippen molar-refractivity contribution in [3.63, 3.8) is 0 Å². The maximum atomic E-state index is 11.5. The van der Waals surface area contributed by atoms with E-state index in [1.54, 1.807) is 11.3 Å². The largest absolute Gasteiger partial charge is 0.365 e. The number of thiophene rings is 1. The topological polar surface area (TPSA) is 44.9 Å². The smallest absolute Gasteiger partial charge is 0.220 e. The van der Waals surface area contributed by atoms with E-state index in [9.17, 15) is 4.79 Å². The second-order valence-electron chi connectivity index (χ2n) is 3.87. The molecular weight excluding hydrogens is 232 g/mol. The molecule has 2 aromatic heterocycles. The highest BCUT2D eigenvalue weighted by Crippen LogP contribution is 2.08. The van der Waals surface area contributed by atoms with Crippen LogP contribution in [0.4, 0.5) is 0 Å². The zero-order valence-electron chi connectivity index (χ0n) is 9.61. The third kappa shape index (κ3) is 4.07. The summed E-state index contributed by atoms with van der Waals surface area (Å²) >= 11 is 1.73. The Balaban J connectivity index is 1.61. The molecule has 0 saturated carbocycles. The van der Waals surface area contributed by atoms with Crippen LogP contribution in [0.2, 0.25) is 0 Å². The first-order valence-corrected chi connectivity index (χ1v) is 6.64. The fourth-order valence-electron chi connectivity index (χ4n) is 1.64. The Kier molecular flexibility index (Phi) is 4.38. The summed E-state index contributed by atoms with van der Waals surface area (Å²) in [5.74, 6) is 0.121. The van der Waals surface area contributed by atoms with E-state index in [0.717, 1.165) is 25.1 Å². The molecule has 4 heteroatoms. The third-order valence-corrected chi connectivity index (χ3v) is 3.49. The summed E-state index contributed by atoms with van der Waals surface area (Å²) in [5.41, 5.74) is 1.11. The second kappa shape index (κ2) is 6.25. The van der Waals surface area contributed by atoms with Gasteiger partial charge in [0.2, 0.25) is 5.91 Å². The summed E-state index contributed by atoms with van der Waals surface area (Å²) in [6, 6.07) is 8.08. The van der Waals surface area contributed by atoms with E-state index in [-0.39, 0.29) is 5.91 Å². The zero-order chi connectivity index (χ0) is 11.9. The maximum absolute atomic E-state index is 11.5. The van der Waals surface area contributed by atoms with Crippen molar-refractivity contribution >= 4 is 17.2 Å². The van der Waals surface area contributed by atoms with Crippen LogP contribution >= 0.6 is 11.3 Å². The first-order chi connectivity index (χ1) is 8.34. The van der Waals surface area contributed by atoms with Gasteiger partial charge in [0.1, 0.15) is 0 Å². The van der Waals surface area contributed by atoms with Gasteiger partial charge >= 0.3 is 0 Å². The first kappa shape index (κ1) is 11.9. The van der Waals surface area contributed by atoms with E-state index in [1.807, 2.05) is 24.4 Å². The van der Waals surface area contributed by atoms with Crippen LogP contribution in [0, 0.1) is 0 Å². The molecule has 0 fully saturated rings. The molecule has 0 unspecified atom stereocenters. The van der Waals surface area contributed by atoms with Crippen LogP contribution in [0.3, 0.4) is 0 Å². The minimum atomic E-state index is 0.121. The van der Waals surface area contributed by atoms with Gasteiger partial charge in [-0.05, 0) is 36.4 Å². The molecule has 2 N–H and O–H groups in total. The summed E-state index contributed by atoms with van der Waals surface area (Å²) in [6.07, 6.45) is 4.12. The van der Waals surface area contributed by atoms with E-state index in [1.165, 1.54) is 4.88 Å². The first-order valence-electron chi connectivity index (χ1n) is 5.76. The molecule has 0 atom stereocenters. The zero-order valence-corrected chi connectivity index (χ0v) is 10.4. The van der Waals surface area contributed by atoms with Gasteiger partial charge in [-0.3, -0.25) is 4.79 Å². The predicted octanol–water partition coefficient (Wildman–Crippen LogP) is 2.37. The lowest BCUT2D eigenvalue weighted by atomic mass is 10.2. The molecule has 3 nitrogen and oxygen atoms in total. The van der Waals surface area contributed by atoms with Crippen LogP contribution in [0.1, 0.15) is 17.0 Å². The quantitative estimate of drug-likeness (QED) is 0.810. The standard InChI is InChI=1S/C13H16N2OS/c16-13(6-5-11-3-1-8-14-11)15-9-7-12-4-2-10-17-12/h1-4,8,10,14H,5-7,9H2,(H,15,16). The van der Waals surface area contributed by atoms with Gasteiger partial charge < -0.3 is 10.3 Å². The van der Waals surface area contributed by atoms with Crippen LogP contribution < -0.4 is 5.32 Å². The van der Waals surface area contributed by atoms with Crippen molar-refractivity contribution in [2.75, 3.05) is 6.54 Å². The lowest BCUT2D eigenvalue weighted by molar-refractivity contribution is -0.121. The van der Waals surface area contributed by atoms with E-state index in [4.69, 9.17) is 0 Å². The van der Waals surface area contributed by atoms with Crippen LogP contribution in [0.5, 0.6) is 0 Å². The molecule has 0 aliphatic heterocycles. The van der Waals surface area contributed by atoms with Crippen molar-refractivity contribution in [2.45, 2.75) is 19.3 Å². The molecule has 1 amide bonds. The van der Waals surface area contributed by atoms with Crippen LogP contribution in [-0.2, 0) is 17.6 Å². The minimum absolute atomic E-state index is 0.121. The fourth-order valence-corrected chi connectivity index (χ4v) is 2.35. The van der Waals surface area contributed by atoms with Crippen molar-refractivity contribution < 1.29 is 4.79 Å². The number of aryl methyl sites for hydroxylation is 1. The van der Waals surface area contributed by atoms with Crippen LogP contribution in [0.15, 0.2) is 35.8 Å². The molecule has 0 aromatic carbocycles. The SMILES string of the molecule is O=C(CCc1ccc[nH]1)NCCc1cccs1. The van der Waals surface area contributed by atoms with Gasteiger partial charge in [-0.1, -0.05) is 6.07 Å². The summed E-state index contributed by atoms with van der Waals surface area (Å²) in [5, 5.41) is 5.00. The van der Waals surface area contributed by atoms with Gasteiger partial charge in [0.15, 0.2) is 0 Å².